The van der Waals surface area contributed by atoms with E-state index in [0.29, 0.717) is 18.9 Å². The Kier molecular flexibility index (Phi) is 6.58. The molecule has 0 radical (unpaired) electrons. The third-order valence-electron chi connectivity index (χ3n) is 3.03. The van der Waals surface area contributed by atoms with E-state index in [1.54, 1.807) is 0 Å². The second-order valence-corrected chi connectivity index (χ2v) is 5.77. The number of rotatable bonds is 7. The molecule has 0 heterocycles. The summed E-state index contributed by atoms with van der Waals surface area (Å²) in [6.07, 6.45) is 1.59. The molecule has 1 aromatic rings. The van der Waals surface area contributed by atoms with Crippen LogP contribution in [0.4, 0.5) is 0 Å². The molecule has 0 aliphatic heterocycles. The number of halogens is 1. The lowest BCUT2D eigenvalue weighted by molar-refractivity contribution is 0.0331. The van der Waals surface area contributed by atoms with Crippen molar-refractivity contribution in [1.82, 2.24) is 0 Å². The summed E-state index contributed by atoms with van der Waals surface area (Å²) >= 11 is 3.36. The molecule has 3 heteroatoms. The van der Waals surface area contributed by atoms with Crippen molar-refractivity contribution in [3.8, 4) is 0 Å². The summed E-state index contributed by atoms with van der Waals surface area (Å²) in [7, 11) is 0. The molecule has 0 aliphatic carbocycles. The van der Waals surface area contributed by atoms with Crippen molar-refractivity contribution in [2.45, 2.75) is 39.7 Å². The molecule has 1 atom stereocenters. The van der Waals surface area contributed by atoms with Crippen LogP contribution in [0.15, 0.2) is 28.7 Å². The van der Waals surface area contributed by atoms with E-state index >= 15 is 0 Å². The molecule has 18 heavy (non-hydrogen) atoms. The number of hydrogen-bond acceptors (Lipinski definition) is 2. The highest BCUT2D eigenvalue weighted by molar-refractivity contribution is 9.10. The Morgan fingerprint density at radius 1 is 1.22 bits per heavy atom. The monoisotopic (exact) mass is 312 g/mol. The standard InChI is InChI=1S/C15H21BrO2/c1-11(2)12(3)18-10-4-5-15(17)13-6-8-14(16)9-7-13/h6-9,11-12H,4-5,10H2,1-3H3. The van der Waals surface area contributed by atoms with Gasteiger partial charge in [-0.2, -0.15) is 0 Å². The number of Topliss-reactive ketones (excluding diaryl/α,β-unsaturated/α-hetero) is 1. The molecular weight excluding hydrogens is 292 g/mol. The van der Waals surface area contributed by atoms with Crippen LogP contribution in [-0.2, 0) is 4.74 Å². The van der Waals surface area contributed by atoms with Gasteiger partial charge >= 0.3 is 0 Å². The molecule has 0 spiro atoms. The van der Waals surface area contributed by atoms with Crippen LogP contribution in [-0.4, -0.2) is 18.5 Å². The predicted octanol–water partition coefficient (Wildman–Crippen LogP) is 4.47. The summed E-state index contributed by atoms with van der Waals surface area (Å²) < 4.78 is 6.64. The predicted molar refractivity (Wildman–Crippen MR) is 78.0 cm³/mol. The Morgan fingerprint density at radius 3 is 2.39 bits per heavy atom. The SMILES string of the molecule is CC(C)C(C)OCCCC(=O)c1ccc(Br)cc1. The van der Waals surface area contributed by atoms with Crippen LogP contribution in [0.5, 0.6) is 0 Å². The van der Waals surface area contributed by atoms with Gasteiger partial charge in [0.25, 0.3) is 0 Å². The summed E-state index contributed by atoms with van der Waals surface area (Å²) in [5.74, 6) is 0.704. The molecule has 0 saturated heterocycles. The van der Waals surface area contributed by atoms with Gasteiger partial charge < -0.3 is 4.74 Å². The lowest BCUT2D eigenvalue weighted by Gasteiger charge is -2.16. The van der Waals surface area contributed by atoms with E-state index in [4.69, 9.17) is 4.74 Å². The minimum atomic E-state index is 0.184. The molecule has 0 saturated carbocycles. The Balaban J connectivity index is 2.27. The van der Waals surface area contributed by atoms with Crippen LogP contribution in [0.3, 0.4) is 0 Å². The van der Waals surface area contributed by atoms with Gasteiger partial charge in [-0.15, -0.1) is 0 Å². The molecule has 0 fully saturated rings. The van der Waals surface area contributed by atoms with Crippen LogP contribution in [0.2, 0.25) is 0 Å². The Hall–Kier alpha value is -0.670. The summed E-state index contributed by atoms with van der Waals surface area (Å²) in [6.45, 7) is 7.00. The van der Waals surface area contributed by atoms with Gasteiger partial charge in [0, 0.05) is 23.1 Å². The second kappa shape index (κ2) is 7.70. The summed E-state index contributed by atoms with van der Waals surface area (Å²) in [5.41, 5.74) is 0.773. The smallest absolute Gasteiger partial charge is 0.162 e. The maximum atomic E-state index is 11.9. The van der Waals surface area contributed by atoms with Gasteiger partial charge in [-0.1, -0.05) is 41.9 Å². The summed E-state index contributed by atoms with van der Waals surface area (Å²) in [4.78, 5) is 11.9. The largest absolute Gasteiger partial charge is 0.378 e. The van der Waals surface area contributed by atoms with Crippen molar-refractivity contribution in [2.75, 3.05) is 6.61 Å². The zero-order valence-corrected chi connectivity index (χ0v) is 12.9. The van der Waals surface area contributed by atoms with E-state index in [0.717, 1.165) is 16.5 Å². The molecule has 1 rings (SSSR count). The quantitative estimate of drug-likeness (QED) is 0.548. The van der Waals surface area contributed by atoms with E-state index in [-0.39, 0.29) is 11.9 Å². The van der Waals surface area contributed by atoms with Crippen molar-refractivity contribution >= 4 is 21.7 Å². The molecule has 2 nitrogen and oxygen atoms in total. The molecule has 0 aromatic heterocycles. The topological polar surface area (TPSA) is 26.3 Å². The Bertz CT molecular complexity index is 371. The Labute approximate surface area is 118 Å². The van der Waals surface area contributed by atoms with Crippen LogP contribution in [0, 0.1) is 5.92 Å². The molecule has 0 aliphatic rings. The fraction of sp³-hybridized carbons (Fsp3) is 0.533. The average molecular weight is 313 g/mol. The molecule has 0 N–H and O–H groups in total. The highest BCUT2D eigenvalue weighted by atomic mass is 79.9. The van der Waals surface area contributed by atoms with Crippen LogP contribution < -0.4 is 0 Å². The average Bonchev–Trinajstić information content (AvgIpc) is 2.34. The zero-order chi connectivity index (χ0) is 13.5. The van der Waals surface area contributed by atoms with Crippen molar-refractivity contribution < 1.29 is 9.53 Å². The number of carbonyl (C=O) groups excluding carboxylic acids is 1. The van der Waals surface area contributed by atoms with Gasteiger partial charge in [0.15, 0.2) is 5.78 Å². The highest BCUT2D eigenvalue weighted by Crippen LogP contribution is 2.13. The first-order valence-electron chi connectivity index (χ1n) is 6.41. The van der Waals surface area contributed by atoms with Gasteiger partial charge in [-0.3, -0.25) is 4.79 Å². The van der Waals surface area contributed by atoms with E-state index < -0.39 is 0 Å². The fourth-order valence-electron chi connectivity index (χ4n) is 1.47. The normalized spacial score (nSPS) is 12.7. The number of benzene rings is 1. The first-order chi connectivity index (χ1) is 8.50. The van der Waals surface area contributed by atoms with Gasteiger partial charge in [0.1, 0.15) is 0 Å². The highest BCUT2D eigenvalue weighted by Gasteiger charge is 2.08. The summed E-state index contributed by atoms with van der Waals surface area (Å²) in [5, 5.41) is 0. The lowest BCUT2D eigenvalue weighted by Crippen LogP contribution is -2.16. The maximum absolute atomic E-state index is 11.9. The van der Waals surface area contributed by atoms with Crippen LogP contribution in [0.25, 0.3) is 0 Å². The van der Waals surface area contributed by atoms with Gasteiger partial charge in [-0.25, -0.2) is 0 Å². The van der Waals surface area contributed by atoms with Crippen molar-refractivity contribution in [3.63, 3.8) is 0 Å². The van der Waals surface area contributed by atoms with Gasteiger partial charge in [0.05, 0.1) is 6.10 Å². The fourth-order valence-corrected chi connectivity index (χ4v) is 1.74. The number of carbonyl (C=O) groups is 1. The first kappa shape index (κ1) is 15.4. The van der Waals surface area contributed by atoms with Crippen LogP contribution >= 0.6 is 15.9 Å². The minimum Gasteiger partial charge on any atom is -0.378 e. The molecular formula is C15H21BrO2. The van der Waals surface area contributed by atoms with E-state index in [1.807, 2.05) is 24.3 Å². The van der Waals surface area contributed by atoms with Crippen molar-refractivity contribution in [2.24, 2.45) is 5.92 Å². The number of ether oxygens (including phenoxy) is 1. The zero-order valence-electron chi connectivity index (χ0n) is 11.3. The summed E-state index contributed by atoms with van der Waals surface area (Å²) in [6, 6.07) is 7.49. The molecule has 0 bridgehead atoms. The lowest BCUT2D eigenvalue weighted by atomic mass is 10.1. The van der Waals surface area contributed by atoms with Gasteiger partial charge in [-0.05, 0) is 31.4 Å². The third kappa shape index (κ3) is 5.32. The Morgan fingerprint density at radius 2 is 1.83 bits per heavy atom. The molecule has 0 amide bonds. The van der Waals surface area contributed by atoms with Crippen molar-refractivity contribution in [3.05, 3.63) is 34.3 Å². The maximum Gasteiger partial charge on any atom is 0.162 e. The number of hydrogen-bond donors (Lipinski definition) is 0. The minimum absolute atomic E-state index is 0.184. The third-order valence-corrected chi connectivity index (χ3v) is 3.56. The first-order valence-corrected chi connectivity index (χ1v) is 7.20. The van der Waals surface area contributed by atoms with Crippen LogP contribution in [0.1, 0.15) is 44.0 Å². The molecule has 100 valence electrons. The second-order valence-electron chi connectivity index (χ2n) is 4.85. The number of ketones is 1. The van der Waals surface area contributed by atoms with E-state index in [2.05, 4.69) is 36.7 Å². The van der Waals surface area contributed by atoms with Crippen molar-refractivity contribution in [1.29, 1.82) is 0 Å². The van der Waals surface area contributed by atoms with E-state index in [1.165, 1.54) is 0 Å². The molecule has 1 unspecified atom stereocenters. The van der Waals surface area contributed by atoms with E-state index in [9.17, 15) is 4.79 Å². The molecule has 1 aromatic carbocycles. The van der Waals surface area contributed by atoms with Gasteiger partial charge in [0.2, 0.25) is 0 Å².